The summed E-state index contributed by atoms with van der Waals surface area (Å²) in [5.74, 6) is 0.562. The lowest BCUT2D eigenvalue weighted by Gasteiger charge is -2.26. The van der Waals surface area contributed by atoms with Gasteiger partial charge in [0.1, 0.15) is 17.7 Å². The van der Waals surface area contributed by atoms with E-state index in [1.807, 2.05) is 35.2 Å². The van der Waals surface area contributed by atoms with Gasteiger partial charge in [0.25, 0.3) is 0 Å². The van der Waals surface area contributed by atoms with Crippen LogP contribution in [0.3, 0.4) is 0 Å². The maximum Gasteiger partial charge on any atom is 0.223 e. The molecule has 2 aromatic rings. The zero-order valence-corrected chi connectivity index (χ0v) is 17.6. The fourth-order valence-corrected chi connectivity index (χ4v) is 4.25. The van der Waals surface area contributed by atoms with Crippen molar-refractivity contribution in [1.29, 1.82) is 0 Å². The van der Waals surface area contributed by atoms with Crippen molar-refractivity contribution in [2.45, 2.75) is 25.5 Å². The van der Waals surface area contributed by atoms with Crippen LogP contribution < -0.4 is 4.74 Å². The first kappa shape index (κ1) is 21.3. The maximum atomic E-state index is 14.5. The number of ether oxygens (including phenoxy) is 1. The first-order valence-electron chi connectivity index (χ1n) is 10.8. The van der Waals surface area contributed by atoms with Crippen LogP contribution in [0.4, 0.5) is 4.39 Å². The van der Waals surface area contributed by atoms with Crippen molar-refractivity contribution in [3.05, 3.63) is 65.5 Å². The van der Waals surface area contributed by atoms with Crippen molar-refractivity contribution in [1.82, 2.24) is 14.7 Å². The van der Waals surface area contributed by atoms with Gasteiger partial charge in [-0.3, -0.25) is 14.5 Å². The average molecular weight is 426 g/mol. The molecule has 0 bridgehead atoms. The number of carbonyl (C=O) groups excluding carboxylic acids is 2. The number of carbonyl (C=O) groups is 2. The molecule has 2 amide bonds. The number of hydrogen-bond donors (Lipinski definition) is 0. The van der Waals surface area contributed by atoms with Gasteiger partial charge in [0.15, 0.2) is 0 Å². The van der Waals surface area contributed by atoms with E-state index in [2.05, 4.69) is 4.90 Å². The third-order valence-corrected chi connectivity index (χ3v) is 5.99. The van der Waals surface area contributed by atoms with Crippen LogP contribution >= 0.6 is 0 Å². The molecule has 0 aromatic heterocycles. The second-order valence-electron chi connectivity index (χ2n) is 8.10. The second kappa shape index (κ2) is 9.92. The number of hydrogen-bond acceptors (Lipinski definition) is 4. The first-order chi connectivity index (χ1) is 15.1. The molecule has 31 heavy (non-hydrogen) atoms. The molecule has 0 aliphatic carbocycles. The molecule has 1 fully saturated rings. The molecule has 6 nitrogen and oxygen atoms in total. The van der Waals surface area contributed by atoms with Crippen LogP contribution in [0.5, 0.6) is 5.75 Å². The highest BCUT2D eigenvalue weighted by Crippen LogP contribution is 2.32. The maximum absolute atomic E-state index is 14.5. The summed E-state index contributed by atoms with van der Waals surface area (Å²) in [5.41, 5.74) is 1.56. The van der Waals surface area contributed by atoms with Gasteiger partial charge < -0.3 is 14.5 Å². The highest BCUT2D eigenvalue weighted by molar-refractivity contribution is 5.76. The molecule has 2 heterocycles. The van der Waals surface area contributed by atoms with Gasteiger partial charge >= 0.3 is 0 Å². The lowest BCUT2D eigenvalue weighted by Crippen LogP contribution is -2.37. The van der Waals surface area contributed by atoms with Crippen molar-refractivity contribution in [2.24, 2.45) is 0 Å². The monoisotopic (exact) mass is 425 g/mol. The van der Waals surface area contributed by atoms with E-state index in [0.717, 1.165) is 24.1 Å². The Bertz CT molecular complexity index is 922. The number of benzene rings is 2. The predicted molar refractivity (Wildman–Crippen MR) is 115 cm³/mol. The minimum Gasteiger partial charge on any atom is -0.484 e. The Morgan fingerprint density at radius 1 is 1.06 bits per heavy atom. The highest BCUT2D eigenvalue weighted by atomic mass is 19.1. The molecule has 2 aliphatic rings. The fraction of sp³-hybridized carbons (Fsp3) is 0.417. The Balaban J connectivity index is 1.45. The van der Waals surface area contributed by atoms with E-state index in [4.69, 9.17) is 4.74 Å². The summed E-state index contributed by atoms with van der Waals surface area (Å²) >= 11 is 0. The van der Waals surface area contributed by atoms with E-state index in [1.54, 1.807) is 17.0 Å². The minimum atomic E-state index is -0.445. The molecule has 2 aromatic carbocycles. The summed E-state index contributed by atoms with van der Waals surface area (Å²) in [4.78, 5) is 29.6. The lowest BCUT2D eigenvalue weighted by atomic mass is 10.1. The summed E-state index contributed by atoms with van der Waals surface area (Å²) in [6, 6.07) is 14.5. The summed E-state index contributed by atoms with van der Waals surface area (Å²) in [5, 5.41) is 0. The molecule has 1 unspecified atom stereocenters. The van der Waals surface area contributed by atoms with E-state index in [0.29, 0.717) is 57.8 Å². The van der Waals surface area contributed by atoms with Crippen molar-refractivity contribution in [3.63, 3.8) is 0 Å². The van der Waals surface area contributed by atoms with Crippen molar-refractivity contribution >= 4 is 12.3 Å². The van der Waals surface area contributed by atoms with Gasteiger partial charge in [-0.2, -0.15) is 0 Å². The Morgan fingerprint density at radius 2 is 1.87 bits per heavy atom. The Morgan fingerprint density at radius 3 is 2.71 bits per heavy atom. The molecule has 0 radical (unpaired) electrons. The molecular weight excluding hydrogens is 397 g/mol. The van der Waals surface area contributed by atoms with Gasteiger partial charge in [0.2, 0.25) is 12.3 Å². The molecule has 0 N–H and O–H groups in total. The molecule has 1 atom stereocenters. The van der Waals surface area contributed by atoms with Gasteiger partial charge in [-0.1, -0.05) is 36.4 Å². The molecule has 7 heteroatoms. The van der Waals surface area contributed by atoms with E-state index >= 15 is 0 Å². The quantitative estimate of drug-likeness (QED) is 0.692. The second-order valence-corrected chi connectivity index (χ2v) is 8.10. The SMILES string of the molecule is O=CN1CCCN(C(=O)CCN2Cc3ccccc3OC(c3ccccc3F)C2)CC1. The summed E-state index contributed by atoms with van der Waals surface area (Å²) in [7, 11) is 0. The van der Waals surface area contributed by atoms with Crippen LogP contribution in [-0.4, -0.2) is 66.3 Å². The van der Waals surface area contributed by atoms with Crippen molar-refractivity contribution in [3.8, 4) is 5.75 Å². The summed E-state index contributed by atoms with van der Waals surface area (Å²) in [6.07, 6.45) is 1.59. The number of para-hydroxylation sites is 1. The number of amides is 2. The van der Waals surface area contributed by atoms with Crippen LogP contribution in [0.25, 0.3) is 0 Å². The molecule has 164 valence electrons. The molecule has 2 aliphatic heterocycles. The molecule has 4 rings (SSSR count). The van der Waals surface area contributed by atoms with Crippen molar-refractivity contribution < 1.29 is 18.7 Å². The molecule has 1 saturated heterocycles. The largest absolute Gasteiger partial charge is 0.484 e. The minimum absolute atomic E-state index is 0.0913. The Kier molecular flexibility index (Phi) is 6.82. The van der Waals surface area contributed by atoms with Gasteiger partial charge in [-0.25, -0.2) is 4.39 Å². The highest BCUT2D eigenvalue weighted by Gasteiger charge is 2.27. The zero-order chi connectivity index (χ0) is 21.6. The van der Waals surface area contributed by atoms with Crippen LogP contribution in [-0.2, 0) is 16.1 Å². The van der Waals surface area contributed by atoms with E-state index in [-0.39, 0.29) is 11.7 Å². The number of fused-ring (bicyclic) bond motifs is 1. The standard InChI is InChI=1S/C24H28FN3O3/c25-21-8-3-2-7-20(21)23-17-27(16-19-6-1-4-9-22(19)31-23)13-10-24(30)28-12-5-11-26(18-29)14-15-28/h1-4,6-9,18,23H,5,10-17H2. The smallest absolute Gasteiger partial charge is 0.223 e. The number of halogens is 1. The van der Waals surface area contributed by atoms with Gasteiger partial charge in [0, 0.05) is 63.4 Å². The predicted octanol–water partition coefficient (Wildman–Crippen LogP) is 2.84. The number of nitrogens with zero attached hydrogens (tertiary/aromatic N) is 3. The zero-order valence-electron chi connectivity index (χ0n) is 17.6. The van der Waals surface area contributed by atoms with Crippen molar-refractivity contribution in [2.75, 3.05) is 39.3 Å². The lowest BCUT2D eigenvalue weighted by molar-refractivity contribution is -0.131. The molecule has 0 saturated carbocycles. The van der Waals surface area contributed by atoms with Gasteiger partial charge in [-0.15, -0.1) is 0 Å². The Labute approximate surface area is 182 Å². The van der Waals surface area contributed by atoms with E-state index < -0.39 is 6.10 Å². The molecule has 0 spiro atoms. The average Bonchev–Trinajstić information content (AvgIpc) is 3.14. The molecular formula is C24H28FN3O3. The Hall–Kier alpha value is -2.93. The van der Waals surface area contributed by atoms with Crippen LogP contribution in [0.1, 0.15) is 30.1 Å². The normalized spacial score (nSPS) is 19.7. The van der Waals surface area contributed by atoms with E-state index in [1.165, 1.54) is 6.07 Å². The first-order valence-corrected chi connectivity index (χ1v) is 10.8. The third kappa shape index (κ3) is 5.22. The summed E-state index contributed by atoms with van der Waals surface area (Å²) in [6.45, 7) is 4.23. The topological polar surface area (TPSA) is 53.1 Å². The third-order valence-electron chi connectivity index (χ3n) is 5.99. The summed E-state index contributed by atoms with van der Waals surface area (Å²) < 4.78 is 20.7. The van der Waals surface area contributed by atoms with E-state index in [9.17, 15) is 14.0 Å². The number of rotatable bonds is 5. The van der Waals surface area contributed by atoms with Gasteiger partial charge in [0.05, 0.1) is 0 Å². The fourth-order valence-electron chi connectivity index (χ4n) is 4.25. The van der Waals surface area contributed by atoms with Crippen LogP contribution in [0, 0.1) is 5.82 Å². The van der Waals surface area contributed by atoms with Crippen LogP contribution in [0.15, 0.2) is 48.5 Å². The van der Waals surface area contributed by atoms with Gasteiger partial charge in [-0.05, 0) is 18.6 Å². The van der Waals surface area contributed by atoms with Crippen LogP contribution in [0.2, 0.25) is 0 Å².